The Labute approximate surface area is 105 Å². The molecule has 17 heavy (non-hydrogen) atoms. The molecule has 0 aromatic heterocycles. The van der Waals surface area contributed by atoms with Crippen molar-refractivity contribution in [2.45, 2.75) is 64.3 Å². The molecule has 0 spiro atoms. The monoisotopic (exact) mass is 231 g/mol. The Bertz CT molecular complexity index is 400. The molecule has 0 heterocycles. The molecule has 0 bridgehead atoms. The Balaban J connectivity index is 2.33. The number of rotatable bonds is 4. The molecular formula is C16H25N. The predicted molar refractivity (Wildman–Crippen MR) is 74.5 cm³/mol. The van der Waals surface area contributed by atoms with Gasteiger partial charge < -0.3 is 5.73 Å². The summed E-state index contributed by atoms with van der Waals surface area (Å²) in [6, 6.07) is 6.97. The fourth-order valence-electron chi connectivity index (χ4n) is 2.42. The molecule has 0 aliphatic heterocycles. The van der Waals surface area contributed by atoms with Gasteiger partial charge in [-0.05, 0) is 47.8 Å². The Hall–Kier alpha value is -0.820. The molecule has 1 aliphatic carbocycles. The van der Waals surface area contributed by atoms with Crippen molar-refractivity contribution in [1.82, 2.24) is 0 Å². The van der Waals surface area contributed by atoms with Gasteiger partial charge in [-0.3, -0.25) is 0 Å². The van der Waals surface area contributed by atoms with Gasteiger partial charge in [-0.15, -0.1) is 0 Å². The summed E-state index contributed by atoms with van der Waals surface area (Å²) in [6.07, 6.45) is 3.44. The maximum Gasteiger partial charge on any atom is 0.0196 e. The Morgan fingerprint density at radius 2 is 1.76 bits per heavy atom. The van der Waals surface area contributed by atoms with Crippen LogP contribution in [0.15, 0.2) is 18.2 Å². The molecular weight excluding hydrogens is 206 g/mol. The summed E-state index contributed by atoms with van der Waals surface area (Å²) in [5, 5.41) is 0. The zero-order valence-electron chi connectivity index (χ0n) is 11.6. The predicted octanol–water partition coefficient (Wildman–Crippen LogP) is 3.97. The fraction of sp³-hybridized carbons (Fsp3) is 0.625. The topological polar surface area (TPSA) is 26.0 Å². The molecule has 2 rings (SSSR count). The molecule has 0 radical (unpaired) electrons. The van der Waals surface area contributed by atoms with E-state index in [9.17, 15) is 0 Å². The smallest absolute Gasteiger partial charge is 0.0196 e. The molecule has 1 aliphatic rings. The molecule has 0 atom stereocenters. The minimum Gasteiger partial charge on any atom is -0.325 e. The lowest BCUT2D eigenvalue weighted by atomic mass is 9.89. The highest BCUT2D eigenvalue weighted by molar-refractivity contribution is 5.37. The number of benzene rings is 1. The number of hydrogen-bond donors (Lipinski definition) is 1. The van der Waals surface area contributed by atoms with Gasteiger partial charge in [0, 0.05) is 5.54 Å². The number of hydrogen-bond acceptors (Lipinski definition) is 1. The van der Waals surface area contributed by atoms with Crippen molar-refractivity contribution in [2.24, 2.45) is 5.73 Å². The van der Waals surface area contributed by atoms with E-state index in [2.05, 4.69) is 45.9 Å². The summed E-state index contributed by atoms with van der Waals surface area (Å²) in [4.78, 5) is 0. The van der Waals surface area contributed by atoms with Crippen molar-refractivity contribution in [2.75, 3.05) is 0 Å². The second-order valence-corrected chi connectivity index (χ2v) is 6.31. The van der Waals surface area contributed by atoms with Crippen LogP contribution in [0.5, 0.6) is 0 Å². The van der Waals surface area contributed by atoms with Crippen LogP contribution in [-0.4, -0.2) is 5.54 Å². The van der Waals surface area contributed by atoms with Crippen LogP contribution in [0.2, 0.25) is 0 Å². The minimum absolute atomic E-state index is 0.110. The summed E-state index contributed by atoms with van der Waals surface area (Å²) in [5.74, 6) is 1.19. The molecule has 94 valence electrons. The first-order valence-corrected chi connectivity index (χ1v) is 6.83. The van der Waals surface area contributed by atoms with Crippen molar-refractivity contribution < 1.29 is 0 Å². The maximum atomic E-state index is 6.27. The molecule has 1 aromatic carbocycles. The van der Waals surface area contributed by atoms with Gasteiger partial charge in [0.25, 0.3) is 0 Å². The van der Waals surface area contributed by atoms with Crippen LogP contribution >= 0.6 is 0 Å². The van der Waals surface area contributed by atoms with E-state index in [-0.39, 0.29) is 5.54 Å². The summed E-state index contributed by atoms with van der Waals surface area (Å²) in [6.45, 7) is 9.04. The van der Waals surface area contributed by atoms with Gasteiger partial charge in [0.05, 0.1) is 0 Å². The zero-order valence-corrected chi connectivity index (χ0v) is 11.6. The normalized spacial score (nSPS) is 17.8. The molecule has 1 fully saturated rings. The van der Waals surface area contributed by atoms with Gasteiger partial charge in [-0.25, -0.2) is 0 Å². The van der Waals surface area contributed by atoms with Crippen molar-refractivity contribution >= 4 is 0 Å². The highest BCUT2D eigenvalue weighted by Crippen LogP contribution is 2.38. The van der Waals surface area contributed by atoms with Crippen molar-refractivity contribution in [3.63, 3.8) is 0 Å². The van der Waals surface area contributed by atoms with Gasteiger partial charge >= 0.3 is 0 Å². The quantitative estimate of drug-likeness (QED) is 0.833. The van der Waals surface area contributed by atoms with Gasteiger partial charge in [0.2, 0.25) is 0 Å². The SMILES string of the molecule is CC(C)c1ccc(C(C)C)c(CC2(N)CC2)c1. The summed E-state index contributed by atoms with van der Waals surface area (Å²) < 4.78 is 0. The van der Waals surface area contributed by atoms with Crippen LogP contribution in [0.25, 0.3) is 0 Å². The van der Waals surface area contributed by atoms with E-state index in [0.717, 1.165) is 6.42 Å². The largest absolute Gasteiger partial charge is 0.325 e. The van der Waals surface area contributed by atoms with Crippen molar-refractivity contribution in [3.05, 3.63) is 34.9 Å². The number of nitrogens with two attached hydrogens (primary N) is 1. The average molecular weight is 231 g/mol. The lowest BCUT2D eigenvalue weighted by Crippen LogP contribution is -2.25. The van der Waals surface area contributed by atoms with E-state index in [1.807, 2.05) is 0 Å². The van der Waals surface area contributed by atoms with E-state index < -0.39 is 0 Å². The third-order valence-electron chi connectivity index (χ3n) is 3.89. The van der Waals surface area contributed by atoms with E-state index in [4.69, 9.17) is 5.73 Å². The van der Waals surface area contributed by atoms with Gasteiger partial charge in [-0.2, -0.15) is 0 Å². The molecule has 1 saturated carbocycles. The molecule has 2 N–H and O–H groups in total. The summed E-state index contributed by atoms with van der Waals surface area (Å²) in [5.41, 5.74) is 10.8. The van der Waals surface area contributed by atoms with E-state index in [1.54, 1.807) is 0 Å². The van der Waals surface area contributed by atoms with E-state index >= 15 is 0 Å². The summed E-state index contributed by atoms with van der Waals surface area (Å²) >= 11 is 0. The van der Waals surface area contributed by atoms with Crippen LogP contribution < -0.4 is 5.73 Å². The molecule has 0 amide bonds. The molecule has 1 aromatic rings. The minimum atomic E-state index is 0.110. The lowest BCUT2D eigenvalue weighted by molar-refractivity contribution is 0.660. The third kappa shape index (κ3) is 2.90. The van der Waals surface area contributed by atoms with Crippen LogP contribution in [0, 0.1) is 0 Å². The fourth-order valence-corrected chi connectivity index (χ4v) is 2.42. The van der Waals surface area contributed by atoms with Crippen LogP contribution in [0.3, 0.4) is 0 Å². The Morgan fingerprint density at radius 1 is 1.12 bits per heavy atom. The third-order valence-corrected chi connectivity index (χ3v) is 3.89. The molecule has 1 nitrogen and oxygen atoms in total. The molecule has 0 unspecified atom stereocenters. The molecule has 1 heteroatoms. The van der Waals surface area contributed by atoms with E-state index in [0.29, 0.717) is 11.8 Å². The maximum absolute atomic E-state index is 6.27. The first-order valence-electron chi connectivity index (χ1n) is 6.83. The van der Waals surface area contributed by atoms with Crippen molar-refractivity contribution in [1.29, 1.82) is 0 Å². The Morgan fingerprint density at radius 3 is 2.24 bits per heavy atom. The highest BCUT2D eigenvalue weighted by Gasteiger charge is 2.38. The first kappa shape index (κ1) is 12.6. The lowest BCUT2D eigenvalue weighted by Gasteiger charge is -2.18. The van der Waals surface area contributed by atoms with Crippen LogP contribution in [0.4, 0.5) is 0 Å². The van der Waals surface area contributed by atoms with E-state index in [1.165, 1.54) is 29.5 Å². The highest BCUT2D eigenvalue weighted by atomic mass is 14.8. The Kier molecular flexibility index (Phi) is 3.31. The zero-order chi connectivity index (χ0) is 12.6. The summed E-state index contributed by atoms with van der Waals surface area (Å²) in [7, 11) is 0. The first-order chi connectivity index (χ1) is 7.91. The van der Waals surface area contributed by atoms with Crippen LogP contribution in [-0.2, 0) is 6.42 Å². The van der Waals surface area contributed by atoms with Gasteiger partial charge in [0.15, 0.2) is 0 Å². The molecule has 0 saturated heterocycles. The van der Waals surface area contributed by atoms with Gasteiger partial charge in [-0.1, -0.05) is 45.9 Å². The average Bonchev–Trinajstić information content (AvgIpc) is 2.95. The van der Waals surface area contributed by atoms with Crippen LogP contribution in [0.1, 0.15) is 69.1 Å². The second-order valence-electron chi connectivity index (χ2n) is 6.31. The second kappa shape index (κ2) is 4.45. The van der Waals surface area contributed by atoms with Crippen molar-refractivity contribution in [3.8, 4) is 0 Å². The van der Waals surface area contributed by atoms with Gasteiger partial charge in [0.1, 0.15) is 0 Å². The standard InChI is InChI=1S/C16H25N/c1-11(2)13-5-6-15(12(3)4)14(9-13)10-16(17)7-8-16/h5-6,9,11-12H,7-8,10,17H2,1-4H3.